The van der Waals surface area contributed by atoms with E-state index in [4.69, 9.17) is 5.26 Å². The number of aryl methyl sites for hydroxylation is 4. The molecular weight excluding hydrogens is 358 g/mol. The lowest BCUT2D eigenvalue weighted by atomic mass is 10.1. The second kappa shape index (κ2) is 7.64. The van der Waals surface area contributed by atoms with Crippen LogP contribution in [0.3, 0.4) is 0 Å². The molecular formula is C20H19N5OS. The van der Waals surface area contributed by atoms with Crippen LogP contribution in [0.2, 0.25) is 0 Å². The van der Waals surface area contributed by atoms with E-state index in [0.29, 0.717) is 16.5 Å². The SMILES string of the molecule is Cc1cc(C)c(Sc2nc(Nc3ccc(C#N)cc3)nn(C)c2=O)c(C)c1. The molecule has 7 heteroatoms. The van der Waals surface area contributed by atoms with Crippen LogP contribution >= 0.6 is 11.8 Å². The molecule has 1 N–H and O–H groups in total. The molecule has 0 amide bonds. The van der Waals surface area contributed by atoms with Crippen molar-refractivity contribution in [1.29, 1.82) is 5.26 Å². The third kappa shape index (κ3) is 4.18. The number of hydrogen-bond acceptors (Lipinski definition) is 6. The first-order valence-electron chi connectivity index (χ1n) is 8.35. The number of hydrogen-bond donors (Lipinski definition) is 1. The first-order valence-corrected chi connectivity index (χ1v) is 9.17. The molecule has 1 aromatic heterocycles. The van der Waals surface area contributed by atoms with Gasteiger partial charge in [-0.25, -0.2) is 4.68 Å². The fourth-order valence-electron chi connectivity index (χ4n) is 2.79. The number of nitriles is 1. The van der Waals surface area contributed by atoms with Gasteiger partial charge in [-0.05, 0) is 56.2 Å². The van der Waals surface area contributed by atoms with Crippen LogP contribution in [0.25, 0.3) is 0 Å². The lowest BCUT2D eigenvalue weighted by Gasteiger charge is -2.12. The number of aromatic nitrogens is 3. The largest absolute Gasteiger partial charge is 0.323 e. The number of nitrogens with one attached hydrogen (secondary N) is 1. The fraction of sp³-hybridized carbons (Fsp3) is 0.200. The van der Waals surface area contributed by atoms with Crippen LogP contribution in [0.15, 0.2) is 51.1 Å². The molecule has 3 aromatic rings. The van der Waals surface area contributed by atoms with E-state index in [1.54, 1.807) is 31.3 Å². The van der Waals surface area contributed by atoms with Crippen LogP contribution in [0, 0.1) is 32.1 Å². The molecule has 3 rings (SSSR count). The van der Waals surface area contributed by atoms with E-state index in [9.17, 15) is 4.79 Å². The summed E-state index contributed by atoms with van der Waals surface area (Å²) in [5, 5.41) is 16.5. The molecule has 6 nitrogen and oxygen atoms in total. The van der Waals surface area contributed by atoms with Gasteiger partial charge in [0, 0.05) is 17.6 Å². The van der Waals surface area contributed by atoms with Crippen LogP contribution in [-0.4, -0.2) is 14.8 Å². The maximum Gasteiger partial charge on any atom is 0.299 e. The number of anilines is 2. The van der Waals surface area contributed by atoms with Gasteiger partial charge in [-0.1, -0.05) is 29.5 Å². The standard InChI is InChI=1S/C20H19N5OS/c1-12-9-13(2)17(14(3)10-12)27-18-19(26)25(4)24-20(23-18)22-16-7-5-15(11-21)6-8-16/h5-10H,1-4H3,(H,22,24). The molecule has 1 heterocycles. The summed E-state index contributed by atoms with van der Waals surface area (Å²) < 4.78 is 1.28. The van der Waals surface area contributed by atoms with Crippen molar-refractivity contribution in [2.75, 3.05) is 5.32 Å². The van der Waals surface area contributed by atoms with Crippen LogP contribution < -0.4 is 10.9 Å². The molecule has 0 atom stereocenters. The van der Waals surface area contributed by atoms with E-state index in [1.807, 2.05) is 13.8 Å². The van der Waals surface area contributed by atoms with Gasteiger partial charge >= 0.3 is 0 Å². The van der Waals surface area contributed by atoms with E-state index in [-0.39, 0.29) is 5.56 Å². The molecule has 2 aromatic carbocycles. The molecule has 0 saturated carbocycles. The molecule has 0 aliphatic rings. The highest BCUT2D eigenvalue weighted by Crippen LogP contribution is 2.31. The molecule has 0 saturated heterocycles. The van der Waals surface area contributed by atoms with E-state index >= 15 is 0 Å². The summed E-state index contributed by atoms with van der Waals surface area (Å²) in [4.78, 5) is 17.9. The Bertz CT molecular complexity index is 1070. The zero-order valence-corrected chi connectivity index (χ0v) is 16.4. The Hall–Kier alpha value is -3.11. The lowest BCUT2D eigenvalue weighted by molar-refractivity contribution is 0.665. The van der Waals surface area contributed by atoms with E-state index < -0.39 is 0 Å². The Balaban J connectivity index is 1.95. The second-order valence-electron chi connectivity index (χ2n) is 6.31. The molecule has 0 aliphatic heterocycles. The third-order valence-corrected chi connectivity index (χ3v) is 5.31. The van der Waals surface area contributed by atoms with Crippen molar-refractivity contribution in [2.24, 2.45) is 7.05 Å². The van der Waals surface area contributed by atoms with Gasteiger partial charge in [0.05, 0.1) is 11.6 Å². The minimum absolute atomic E-state index is 0.246. The summed E-state index contributed by atoms with van der Waals surface area (Å²) in [5.74, 6) is 0.326. The maximum atomic E-state index is 12.5. The second-order valence-corrected chi connectivity index (χ2v) is 7.31. The molecule has 0 radical (unpaired) electrons. The average Bonchev–Trinajstić information content (AvgIpc) is 2.62. The summed E-state index contributed by atoms with van der Waals surface area (Å²) in [7, 11) is 1.60. The number of benzene rings is 2. The third-order valence-electron chi connectivity index (χ3n) is 4.00. The molecule has 0 fully saturated rings. The number of nitrogens with zero attached hydrogens (tertiary/aromatic N) is 4. The predicted octanol–water partition coefficient (Wildman–Crippen LogP) is 3.87. The van der Waals surface area contributed by atoms with Crippen molar-refractivity contribution in [3.05, 3.63) is 69.0 Å². The Morgan fingerprint density at radius 3 is 2.33 bits per heavy atom. The van der Waals surface area contributed by atoms with Gasteiger partial charge in [0.1, 0.15) is 0 Å². The zero-order valence-electron chi connectivity index (χ0n) is 15.6. The normalized spacial score (nSPS) is 10.5. The first kappa shape index (κ1) is 18.7. The molecule has 0 spiro atoms. The van der Waals surface area contributed by atoms with Gasteiger partial charge in [-0.15, -0.1) is 5.10 Å². The summed E-state index contributed by atoms with van der Waals surface area (Å²) in [6.07, 6.45) is 0. The Morgan fingerprint density at radius 1 is 1.11 bits per heavy atom. The van der Waals surface area contributed by atoms with Gasteiger partial charge in [0.25, 0.3) is 5.56 Å². The highest BCUT2D eigenvalue weighted by atomic mass is 32.2. The smallest absolute Gasteiger partial charge is 0.299 e. The predicted molar refractivity (Wildman–Crippen MR) is 106 cm³/mol. The summed E-state index contributed by atoms with van der Waals surface area (Å²) in [6.45, 7) is 6.12. The van der Waals surface area contributed by atoms with Crippen molar-refractivity contribution >= 4 is 23.4 Å². The Morgan fingerprint density at radius 2 is 1.74 bits per heavy atom. The highest BCUT2D eigenvalue weighted by Gasteiger charge is 2.13. The summed E-state index contributed by atoms with van der Waals surface area (Å²) >= 11 is 1.35. The Labute approximate surface area is 161 Å². The van der Waals surface area contributed by atoms with Crippen LogP contribution in [0.4, 0.5) is 11.6 Å². The average molecular weight is 377 g/mol. The minimum Gasteiger partial charge on any atom is -0.323 e. The molecule has 136 valence electrons. The highest BCUT2D eigenvalue weighted by molar-refractivity contribution is 7.99. The Kier molecular flexibility index (Phi) is 5.28. The zero-order chi connectivity index (χ0) is 19.6. The topological polar surface area (TPSA) is 83.6 Å². The molecule has 0 aliphatic carbocycles. The van der Waals surface area contributed by atoms with E-state index in [2.05, 4.69) is 40.5 Å². The maximum absolute atomic E-state index is 12.5. The first-order chi connectivity index (χ1) is 12.9. The minimum atomic E-state index is -0.246. The lowest BCUT2D eigenvalue weighted by Crippen LogP contribution is -2.24. The van der Waals surface area contributed by atoms with Crippen LogP contribution in [0.5, 0.6) is 0 Å². The van der Waals surface area contributed by atoms with Gasteiger partial charge in [0.15, 0.2) is 5.03 Å². The summed E-state index contributed by atoms with van der Waals surface area (Å²) in [5.41, 5.74) is 4.48. The van der Waals surface area contributed by atoms with E-state index in [1.165, 1.54) is 22.0 Å². The number of rotatable bonds is 4. The van der Waals surface area contributed by atoms with Crippen molar-refractivity contribution in [1.82, 2.24) is 14.8 Å². The van der Waals surface area contributed by atoms with Gasteiger partial charge in [-0.3, -0.25) is 4.79 Å². The van der Waals surface area contributed by atoms with Gasteiger partial charge in [-0.2, -0.15) is 10.2 Å². The molecule has 0 bridgehead atoms. The van der Waals surface area contributed by atoms with Crippen molar-refractivity contribution in [3.8, 4) is 6.07 Å². The van der Waals surface area contributed by atoms with Crippen LogP contribution in [-0.2, 0) is 7.05 Å². The molecule has 27 heavy (non-hydrogen) atoms. The molecule has 0 unspecified atom stereocenters. The monoisotopic (exact) mass is 377 g/mol. The van der Waals surface area contributed by atoms with Crippen molar-refractivity contribution in [3.63, 3.8) is 0 Å². The van der Waals surface area contributed by atoms with E-state index in [0.717, 1.165) is 21.7 Å². The van der Waals surface area contributed by atoms with Crippen molar-refractivity contribution < 1.29 is 0 Å². The van der Waals surface area contributed by atoms with Crippen molar-refractivity contribution in [2.45, 2.75) is 30.7 Å². The van der Waals surface area contributed by atoms with Gasteiger partial charge < -0.3 is 5.32 Å². The summed E-state index contributed by atoms with van der Waals surface area (Å²) in [6, 6.07) is 13.2. The fourth-order valence-corrected chi connectivity index (χ4v) is 3.78. The van der Waals surface area contributed by atoms with Crippen LogP contribution in [0.1, 0.15) is 22.3 Å². The van der Waals surface area contributed by atoms with Gasteiger partial charge in [0.2, 0.25) is 5.95 Å². The quantitative estimate of drug-likeness (QED) is 0.743.